The summed E-state index contributed by atoms with van der Waals surface area (Å²) in [6.07, 6.45) is 3.28. The van der Waals surface area contributed by atoms with E-state index < -0.39 is 0 Å². The lowest BCUT2D eigenvalue weighted by molar-refractivity contribution is 0.620. The van der Waals surface area contributed by atoms with Crippen LogP contribution in [0, 0.1) is 11.6 Å². The SMILES string of the molecule is C/C(N)=C/C(Cc1ccc(F)cn1)=Nc1ccc(F)cc1. The first-order chi connectivity index (χ1) is 10.0. The Bertz CT molecular complexity index is 655. The lowest BCUT2D eigenvalue weighted by atomic mass is 10.1. The van der Waals surface area contributed by atoms with E-state index >= 15 is 0 Å². The highest BCUT2D eigenvalue weighted by atomic mass is 19.1. The summed E-state index contributed by atoms with van der Waals surface area (Å²) in [6, 6.07) is 8.77. The van der Waals surface area contributed by atoms with Crippen molar-refractivity contribution in [1.82, 2.24) is 4.98 Å². The number of benzene rings is 1. The van der Waals surface area contributed by atoms with E-state index in [1.54, 1.807) is 31.2 Å². The summed E-state index contributed by atoms with van der Waals surface area (Å²) in [4.78, 5) is 8.41. The van der Waals surface area contributed by atoms with Crippen molar-refractivity contribution in [2.24, 2.45) is 10.7 Å². The number of allylic oxidation sites excluding steroid dienone is 2. The molecule has 2 N–H and O–H groups in total. The third-order valence-corrected chi connectivity index (χ3v) is 2.64. The smallest absolute Gasteiger partial charge is 0.141 e. The van der Waals surface area contributed by atoms with Crippen LogP contribution in [0.2, 0.25) is 0 Å². The Labute approximate surface area is 121 Å². The molecule has 1 aromatic heterocycles. The molecule has 1 aromatic carbocycles. The van der Waals surface area contributed by atoms with Crippen LogP contribution in [-0.2, 0) is 6.42 Å². The van der Waals surface area contributed by atoms with E-state index in [2.05, 4.69) is 9.98 Å². The van der Waals surface area contributed by atoms with Crippen LogP contribution in [0.4, 0.5) is 14.5 Å². The van der Waals surface area contributed by atoms with Crippen molar-refractivity contribution in [1.29, 1.82) is 0 Å². The number of pyridine rings is 1. The second kappa shape index (κ2) is 6.74. The van der Waals surface area contributed by atoms with Crippen LogP contribution in [0.25, 0.3) is 0 Å². The van der Waals surface area contributed by atoms with Gasteiger partial charge in [-0.2, -0.15) is 0 Å². The monoisotopic (exact) mass is 287 g/mol. The Hall–Kier alpha value is -2.56. The summed E-state index contributed by atoms with van der Waals surface area (Å²) < 4.78 is 25.8. The molecule has 21 heavy (non-hydrogen) atoms. The van der Waals surface area contributed by atoms with Crippen LogP contribution in [0.5, 0.6) is 0 Å². The van der Waals surface area contributed by atoms with E-state index in [0.29, 0.717) is 29.2 Å². The standard InChI is InChI=1S/C16H15F2N3/c1-11(19)8-16(9-15-7-4-13(18)10-20-15)21-14-5-2-12(17)3-6-14/h2-8,10H,9,19H2,1H3/b11-8-,21-16?. The molecule has 2 rings (SSSR count). The third kappa shape index (κ3) is 4.80. The molecule has 0 spiro atoms. The molecule has 0 amide bonds. The Morgan fingerprint density at radius 3 is 2.38 bits per heavy atom. The van der Waals surface area contributed by atoms with Gasteiger partial charge < -0.3 is 5.73 Å². The van der Waals surface area contributed by atoms with Gasteiger partial charge in [-0.1, -0.05) is 0 Å². The van der Waals surface area contributed by atoms with Gasteiger partial charge in [0.05, 0.1) is 11.9 Å². The summed E-state index contributed by atoms with van der Waals surface area (Å²) >= 11 is 0. The number of hydrogen-bond acceptors (Lipinski definition) is 3. The second-order valence-electron chi connectivity index (χ2n) is 4.61. The predicted molar refractivity (Wildman–Crippen MR) is 79.3 cm³/mol. The average molecular weight is 287 g/mol. The summed E-state index contributed by atoms with van der Waals surface area (Å²) in [7, 11) is 0. The predicted octanol–water partition coefficient (Wildman–Crippen LogP) is 3.54. The van der Waals surface area contributed by atoms with Crippen LogP contribution in [0.3, 0.4) is 0 Å². The van der Waals surface area contributed by atoms with Gasteiger partial charge in [0.2, 0.25) is 0 Å². The number of hydrogen-bond donors (Lipinski definition) is 1. The fourth-order valence-electron chi connectivity index (χ4n) is 1.76. The number of aromatic nitrogens is 1. The van der Waals surface area contributed by atoms with Crippen molar-refractivity contribution < 1.29 is 8.78 Å². The van der Waals surface area contributed by atoms with E-state index in [1.807, 2.05) is 0 Å². The molecule has 0 radical (unpaired) electrons. The Kier molecular flexibility index (Phi) is 4.77. The molecule has 0 fully saturated rings. The lowest BCUT2D eigenvalue weighted by Gasteiger charge is -2.03. The molecular formula is C16H15F2N3. The fourth-order valence-corrected chi connectivity index (χ4v) is 1.76. The van der Waals surface area contributed by atoms with Gasteiger partial charge in [0, 0.05) is 23.5 Å². The summed E-state index contributed by atoms with van der Waals surface area (Å²) in [5, 5.41) is 0. The zero-order valence-electron chi connectivity index (χ0n) is 11.6. The first kappa shape index (κ1) is 14.8. The van der Waals surface area contributed by atoms with Crippen molar-refractivity contribution >= 4 is 11.4 Å². The zero-order valence-corrected chi connectivity index (χ0v) is 11.6. The Morgan fingerprint density at radius 2 is 1.81 bits per heavy atom. The molecule has 0 unspecified atom stereocenters. The molecule has 3 nitrogen and oxygen atoms in total. The summed E-state index contributed by atoms with van der Waals surface area (Å²) in [5.74, 6) is -0.706. The maximum absolute atomic E-state index is 12.9. The van der Waals surface area contributed by atoms with Crippen LogP contribution in [-0.4, -0.2) is 10.7 Å². The number of halogens is 2. The molecule has 0 aliphatic rings. The molecule has 0 atom stereocenters. The summed E-state index contributed by atoms with van der Waals surface area (Å²) in [5.41, 5.74) is 8.24. The molecule has 5 heteroatoms. The molecule has 0 bridgehead atoms. The zero-order chi connectivity index (χ0) is 15.2. The van der Waals surface area contributed by atoms with Crippen LogP contribution in [0.15, 0.2) is 59.4 Å². The molecule has 1 heterocycles. The minimum Gasteiger partial charge on any atom is -0.402 e. The van der Waals surface area contributed by atoms with Gasteiger partial charge in [0.25, 0.3) is 0 Å². The molecule has 0 aliphatic carbocycles. The number of nitrogens with two attached hydrogens (primary N) is 1. The fraction of sp³-hybridized carbons (Fsp3) is 0.125. The van der Waals surface area contributed by atoms with E-state index in [1.165, 1.54) is 18.2 Å². The first-order valence-corrected chi connectivity index (χ1v) is 6.40. The lowest BCUT2D eigenvalue weighted by Crippen LogP contribution is -2.05. The number of aliphatic imine (C=N–C) groups is 1. The molecular weight excluding hydrogens is 272 g/mol. The second-order valence-corrected chi connectivity index (χ2v) is 4.61. The van der Waals surface area contributed by atoms with Crippen LogP contribution >= 0.6 is 0 Å². The minimum absolute atomic E-state index is 0.318. The van der Waals surface area contributed by atoms with Gasteiger partial charge in [-0.15, -0.1) is 0 Å². The van der Waals surface area contributed by atoms with Crippen molar-refractivity contribution in [2.45, 2.75) is 13.3 Å². The van der Waals surface area contributed by atoms with Crippen LogP contribution in [0.1, 0.15) is 12.6 Å². The number of rotatable bonds is 4. The van der Waals surface area contributed by atoms with Gasteiger partial charge in [0.1, 0.15) is 11.6 Å². The Balaban J connectivity index is 2.27. The molecule has 108 valence electrons. The van der Waals surface area contributed by atoms with Crippen molar-refractivity contribution in [3.63, 3.8) is 0 Å². The third-order valence-electron chi connectivity index (χ3n) is 2.64. The largest absolute Gasteiger partial charge is 0.402 e. The van der Waals surface area contributed by atoms with Gasteiger partial charge in [-0.25, -0.2) is 8.78 Å². The molecule has 0 aliphatic heterocycles. The highest BCUT2D eigenvalue weighted by Gasteiger charge is 2.02. The highest BCUT2D eigenvalue weighted by molar-refractivity contribution is 5.98. The van der Waals surface area contributed by atoms with Crippen molar-refractivity contribution in [2.75, 3.05) is 0 Å². The minimum atomic E-state index is -0.388. The van der Waals surface area contributed by atoms with Crippen LogP contribution < -0.4 is 5.73 Å². The van der Waals surface area contributed by atoms with E-state index in [4.69, 9.17) is 5.73 Å². The van der Waals surface area contributed by atoms with Gasteiger partial charge in [-0.3, -0.25) is 9.98 Å². The first-order valence-electron chi connectivity index (χ1n) is 6.40. The van der Waals surface area contributed by atoms with Crippen molar-refractivity contribution in [3.8, 4) is 0 Å². The topological polar surface area (TPSA) is 51.3 Å². The van der Waals surface area contributed by atoms with E-state index in [9.17, 15) is 8.78 Å². The van der Waals surface area contributed by atoms with E-state index in [0.717, 1.165) is 6.20 Å². The van der Waals surface area contributed by atoms with Crippen molar-refractivity contribution in [3.05, 3.63) is 71.7 Å². The summed E-state index contributed by atoms with van der Waals surface area (Å²) in [6.45, 7) is 1.75. The number of nitrogens with zero attached hydrogens (tertiary/aromatic N) is 2. The molecule has 0 saturated heterocycles. The maximum atomic E-state index is 12.9. The average Bonchev–Trinajstić information content (AvgIpc) is 2.43. The highest BCUT2D eigenvalue weighted by Crippen LogP contribution is 2.14. The maximum Gasteiger partial charge on any atom is 0.141 e. The molecule has 0 saturated carbocycles. The quantitative estimate of drug-likeness (QED) is 0.874. The van der Waals surface area contributed by atoms with Gasteiger partial charge in [-0.05, 0) is 49.4 Å². The van der Waals surface area contributed by atoms with Gasteiger partial charge >= 0.3 is 0 Å². The molecule has 2 aromatic rings. The van der Waals surface area contributed by atoms with E-state index in [-0.39, 0.29) is 11.6 Å². The van der Waals surface area contributed by atoms with Gasteiger partial charge in [0.15, 0.2) is 0 Å². The normalized spacial score (nSPS) is 12.5. The Morgan fingerprint density at radius 1 is 1.14 bits per heavy atom.